The molecule has 7 bridgehead atoms. The number of methoxy groups -OCH3 is 4. The van der Waals surface area contributed by atoms with Crippen molar-refractivity contribution in [3.63, 3.8) is 0 Å². The third kappa shape index (κ3) is 3.86. The molecule has 2 amide bonds. The molecule has 5 saturated carbocycles. The average molecular weight is 683 g/mol. The number of amides is 2. The van der Waals surface area contributed by atoms with Gasteiger partial charge in [-0.15, -0.1) is 0 Å². The van der Waals surface area contributed by atoms with Crippen LogP contribution in [0.25, 0.3) is 0 Å². The van der Waals surface area contributed by atoms with Crippen LogP contribution >= 0.6 is 0 Å². The van der Waals surface area contributed by atoms with Crippen LogP contribution in [-0.2, 0) is 33.3 Å². The fraction of sp³-hybridized carbons (Fsp3) is 0.757. The summed E-state index contributed by atoms with van der Waals surface area (Å²) < 4.78 is 31.4. The van der Waals surface area contributed by atoms with Crippen LogP contribution < -0.4 is 4.90 Å². The first-order valence-corrected chi connectivity index (χ1v) is 17.9. The van der Waals surface area contributed by atoms with Crippen molar-refractivity contribution >= 4 is 23.5 Å². The van der Waals surface area contributed by atoms with E-state index in [1.165, 1.54) is 0 Å². The molecule has 1 aromatic carbocycles. The maximum Gasteiger partial charge on any atom is 0.340 e. The van der Waals surface area contributed by atoms with E-state index in [1.807, 2.05) is 0 Å². The summed E-state index contributed by atoms with van der Waals surface area (Å²) in [7, 11) is 6.70. The van der Waals surface area contributed by atoms with Crippen molar-refractivity contribution in [3.05, 3.63) is 29.8 Å². The maximum absolute atomic E-state index is 14.1. The SMILES string of the molecule is CCN1C[C@]2(COC(=O)c3ccccc3N3C(=O)C[C@H](C)C3=O)CC[C@H](OC)C34C5C[C@@H]6[C@@H](OC)C[C@@](O)(C5[C@H]6OC)[C@@](O)([C@H]13)[C@@H](OC)[C@@H]42. The second-order valence-corrected chi connectivity index (χ2v) is 16.0. The van der Waals surface area contributed by atoms with E-state index in [1.54, 1.807) is 59.6 Å². The summed E-state index contributed by atoms with van der Waals surface area (Å²) in [6.45, 7) is 4.95. The number of aliphatic hydroxyl groups is 2. The summed E-state index contributed by atoms with van der Waals surface area (Å²) in [5.41, 5.74) is -4.17. The normalized spacial score (nSPS) is 48.0. The fourth-order valence-electron chi connectivity index (χ4n) is 13.2. The van der Waals surface area contributed by atoms with Crippen molar-refractivity contribution in [2.45, 2.75) is 87.6 Å². The van der Waals surface area contributed by atoms with Gasteiger partial charge in [0.2, 0.25) is 11.8 Å². The van der Waals surface area contributed by atoms with Gasteiger partial charge in [0.1, 0.15) is 11.2 Å². The Balaban J connectivity index is 1.23. The zero-order valence-electron chi connectivity index (χ0n) is 29.3. The molecular weight excluding hydrogens is 632 g/mol. The lowest BCUT2D eigenvalue weighted by atomic mass is 9.42. The molecule has 2 aliphatic heterocycles. The van der Waals surface area contributed by atoms with E-state index in [4.69, 9.17) is 23.7 Å². The molecule has 0 radical (unpaired) electrons. The monoisotopic (exact) mass is 682 g/mol. The first-order chi connectivity index (χ1) is 23.4. The number of carbonyl (C=O) groups is 3. The zero-order valence-corrected chi connectivity index (χ0v) is 29.3. The van der Waals surface area contributed by atoms with Crippen molar-refractivity contribution in [1.82, 2.24) is 4.90 Å². The van der Waals surface area contributed by atoms with Gasteiger partial charge in [0.25, 0.3) is 0 Å². The van der Waals surface area contributed by atoms with Crippen molar-refractivity contribution in [1.29, 1.82) is 0 Å². The van der Waals surface area contributed by atoms with Gasteiger partial charge in [-0.3, -0.25) is 14.5 Å². The summed E-state index contributed by atoms with van der Waals surface area (Å²) >= 11 is 0. The zero-order chi connectivity index (χ0) is 34.8. The van der Waals surface area contributed by atoms with E-state index in [9.17, 15) is 24.6 Å². The Morgan fingerprint density at radius 1 is 1.04 bits per heavy atom. The fourth-order valence-corrected chi connectivity index (χ4v) is 13.2. The van der Waals surface area contributed by atoms with Crippen molar-refractivity contribution in [2.75, 3.05) is 53.0 Å². The van der Waals surface area contributed by atoms with Crippen LogP contribution in [0.4, 0.5) is 5.69 Å². The van der Waals surface area contributed by atoms with Crippen molar-refractivity contribution in [2.24, 2.45) is 40.4 Å². The third-order valence-electron chi connectivity index (χ3n) is 14.5. The number of esters is 1. The Labute approximate surface area is 287 Å². The highest BCUT2D eigenvalue weighted by Crippen LogP contribution is 2.80. The van der Waals surface area contributed by atoms with Crippen molar-refractivity contribution in [3.8, 4) is 0 Å². The molecule has 5 aliphatic carbocycles. The van der Waals surface area contributed by atoms with Gasteiger partial charge in [-0.05, 0) is 43.9 Å². The molecule has 3 unspecified atom stereocenters. The number of para-hydroxylation sites is 1. The third-order valence-corrected chi connectivity index (χ3v) is 14.5. The van der Waals surface area contributed by atoms with Crippen LogP contribution in [0.5, 0.6) is 0 Å². The molecule has 2 saturated heterocycles. The lowest BCUT2D eigenvalue weighted by molar-refractivity contribution is -0.320. The van der Waals surface area contributed by atoms with E-state index in [-0.39, 0.29) is 84.5 Å². The van der Waals surface area contributed by atoms with Crippen molar-refractivity contribution < 1.29 is 48.3 Å². The van der Waals surface area contributed by atoms with Crippen LogP contribution in [0.2, 0.25) is 0 Å². The molecular formula is C37H50N2O10. The summed E-state index contributed by atoms with van der Waals surface area (Å²) in [5.74, 6) is -2.47. The van der Waals surface area contributed by atoms with E-state index in [0.717, 1.165) is 11.3 Å². The molecule has 0 aromatic heterocycles. The van der Waals surface area contributed by atoms with Gasteiger partial charge in [-0.25, -0.2) is 9.69 Å². The molecule has 8 rings (SSSR count). The number of piperidine rings is 1. The molecule has 49 heavy (non-hydrogen) atoms. The largest absolute Gasteiger partial charge is 0.461 e. The maximum atomic E-state index is 14.1. The van der Waals surface area contributed by atoms with Gasteiger partial charge >= 0.3 is 5.97 Å². The lowest BCUT2D eigenvalue weighted by Crippen LogP contribution is -2.82. The first-order valence-electron chi connectivity index (χ1n) is 17.9. The van der Waals surface area contributed by atoms with E-state index >= 15 is 0 Å². The van der Waals surface area contributed by atoms with Crippen LogP contribution in [0.1, 0.15) is 56.3 Å². The van der Waals surface area contributed by atoms with Gasteiger partial charge in [-0.2, -0.15) is 0 Å². The standard InChI is InChI=1S/C37H50N2O10/c1-7-38-17-34(18-49-32(42)20-10-8-9-11-23(20)39-26(40)14-19(2)31(39)41)13-12-25(46-4)36-22-15-21-24(45-3)16-35(43,27(22)28(21)47-5)37(44,33(36)38)30(48-6)29(34)36/h8-11,19,21-22,24-25,27-30,33,43-44H,7,12-18H2,1-6H3/t19-,21+,22?,24-,25-,27?,28-,29+,30-,33+,34-,35+,36?,37-/m0/s1. The van der Waals surface area contributed by atoms with Gasteiger partial charge in [0, 0.05) is 82.3 Å². The van der Waals surface area contributed by atoms with Crippen LogP contribution in [0.3, 0.4) is 0 Å². The molecule has 12 heteroatoms. The number of rotatable bonds is 9. The minimum Gasteiger partial charge on any atom is -0.461 e. The van der Waals surface area contributed by atoms with Gasteiger partial charge in [0.15, 0.2) is 0 Å². The van der Waals surface area contributed by atoms with Crippen LogP contribution in [0.15, 0.2) is 24.3 Å². The highest BCUT2D eigenvalue weighted by atomic mass is 16.5. The molecule has 12 nitrogen and oxygen atoms in total. The number of anilines is 1. The highest BCUT2D eigenvalue weighted by Gasteiger charge is 2.91. The lowest BCUT2D eigenvalue weighted by Gasteiger charge is -2.70. The summed E-state index contributed by atoms with van der Waals surface area (Å²) in [6, 6.07) is 6.12. The second kappa shape index (κ2) is 11.3. The number of hydrogen-bond donors (Lipinski definition) is 2. The molecule has 1 aromatic rings. The Morgan fingerprint density at radius 3 is 2.43 bits per heavy atom. The minimum atomic E-state index is -1.70. The van der Waals surface area contributed by atoms with E-state index in [0.29, 0.717) is 25.9 Å². The Hall–Kier alpha value is -2.45. The number of hydrogen-bond acceptors (Lipinski definition) is 11. The summed E-state index contributed by atoms with van der Waals surface area (Å²) in [4.78, 5) is 43.3. The second-order valence-electron chi connectivity index (χ2n) is 16.0. The molecule has 2 heterocycles. The number of likely N-dealkylation sites (N-methyl/N-ethyl adjacent to an activating group) is 1. The molecule has 268 valence electrons. The Morgan fingerprint density at radius 2 is 1.80 bits per heavy atom. The summed E-state index contributed by atoms with van der Waals surface area (Å²) in [6.07, 6.45) is 0.813. The summed E-state index contributed by atoms with van der Waals surface area (Å²) in [5, 5.41) is 26.6. The number of benzene rings is 1. The topological polar surface area (TPSA) is 144 Å². The molecule has 7 aliphatic rings. The minimum absolute atomic E-state index is 0.0358. The number of likely N-dealkylation sites (tertiary alicyclic amines) is 1. The van der Waals surface area contributed by atoms with Crippen LogP contribution in [-0.4, -0.2) is 123 Å². The number of ether oxygens (including phenoxy) is 5. The van der Waals surface area contributed by atoms with E-state index < -0.39 is 46.1 Å². The number of carbonyl (C=O) groups excluding carboxylic acids is 3. The predicted molar refractivity (Wildman–Crippen MR) is 174 cm³/mol. The van der Waals surface area contributed by atoms with E-state index in [2.05, 4.69) is 11.8 Å². The highest BCUT2D eigenvalue weighted by molar-refractivity contribution is 6.22. The average Bonchev–Trinajstić information content (AvgIpc) is 3.63. The quantitative estimate of drug-likeness (QED) is 0.292. The Kier molecular flexibility index (Phi) is 7.75. The smallest absolute Gasteiger partial charge is 0.340 e. The molecule has 1 spiro atoms. The van der Waals surface area contributed by atoms with Gasteiger partial charge < -0.3 is 33.9 Å². The molecule has 2 N–H and O–H groups in total. The molecule has 7 fully saturated rings. The molecule has 14 atom stereocenters. The number of imide groups is 1. The number of nitrogens with zero attached hydrogens (tertiary/aromatic N) is 2. The number of fused-ring (bicyclic) bond motifs is 2. The first kappa shape index (κ1) is 33.7. The predicted octanol–water partition coefficient (Wildman–Crippen LogP) is 2.04. The Bertz CT molecular complexity index is 1560. The van der Waals surface area contributed by atoms with Gasteiger partial charge in [0.05, 0.1) is 48.3 Å². The van der Waals surface area contributed by atoms with Crippen LogP contribution in [0, 0.1) is 40.4 Å². The van der Waals surface area contributed by atoms with Gasteiger partial charge in [-0.1, -0.05) is 26.0 Å².